The molecule has 7 heteroatoms. The third-order valence-corrected chi connectivity index (χ3v) is 4.16. The summed E-state index contributed by atoms with van der Waals surface area (Å²) in [4.78, 5) is 18.0. The van der Waals surface area contributed by atoms with Gasteiger partial charge in [0.15, 0.2) is 5.96 Å². The van der Waals surface area contributed by atoms with Crippen LogP contribution in [0.15, 0.2) is 41.9 Å². The van der Waals surface area contributed by atoms with Crippen molar-refractivity contribution < 1.29 is 14.3 Å². The van der Waals surface area contributed by atoms with Crippen molar-refractivity contribution in [3.63, 3.8) is 0 Å². The molecule has 1 aliphatic rings. The fraction of sp³-hybridized carbons (Fsp3) is 0.500. The molecule has 1 unspecified atom stereocenters. The number of aliphatic imine (C=N–C) groups is 1. The van der Waals surface area contributed by atoms with Crippen LogP contribution >= 0.6 is 0 Å². The Kier molecular flexibility index (Phi) is 8.64. The average Bonchev–Trinajstić information content (AvgIpc) is 3.19. The Labute approximate surface area is 161 Å². The Hall–Kier alpha value is -2.54. The van der Waals surface area contributed by atoms with E-state index in [1.165, 1.54) is 0 Å². The molecule has 1 saturated heterocycles. The van der Waals surface area contributed by atoms with Crippen LogP contribution in [0.5, 0.6) is 5.75 Å². The molecule has 148 valence electrons. The first-order chi connectivity index (χ1) is 13.1. The summed E-state index contributed by atoms with van der Waals surface area (Å²) in [7, 11) is 3.46. The number of benzene rings is 1. The van der Waals surface area contributed by atoms with E-state index in [0.29, 0.717) is 25.7 Å². The van der Waals surface area contributed by atoms with Crippen molar-refractivity contribution in [3.8, 4) is 5.75 Å². The third-order valence-electron chi connectivity index (χ3n) is 4.16. The zero-order chi connectivity index (χ0) is 19.5. The minimum atomic E-state index is -0.0173. The highest BCUT2D eigenvalue weighted by atomic mass is 16.5. The molecule has 1 aliphatic heterocycles. The number of carbonyl (C=O) groups is 1. The fourth-order valence-corrected chi connectivity index (χ4v) is 2.60. The molecule has 0 bridgehead atoms. The van der Waals surface area contributed by atoms with Gasteiger partial charge in [-0.15, -0.1) is 0 Å². The van der Waals surface area contributed by atoms with E-state index >= 15 is 0 Å². The second-order valence-electron chi connectivity index (χ2n) is 6.53. The molecule has 0 aromatic heterocycles. The summed E-state index contributed by atoms with van der Waals surface area (Å²) in [5.74, 6) is 1.35. The van der Waals surface area contributed by atoms with Gasteiger partial charge in [0, 0.05) is 32.8 Å². The predicted octanol–water partition coefficient (Wildman–Crippen LogP) is 1.55. The molecule has 1 aromatic rings. The van der Waals surface area contributed by atoms with Crippen LogP contribution < -0.4 is 15.4 Å². The number of nitrogens with zero attached hydrogens (tertiary/aromatic N) is 2. The van der Waals surface area contributed by atoms with Crippen molar-refractivity contribution in [1.82, 2.24) is 15.5 Å². The number of para-hydroxylation sites is 1. The van der Waals surface area contributed by atoms with E-state index < -0.39 is 0 Å². The van der Waals surface area contributed by atoms with Gasteiger partial charge in [-0.2, -0.15) is 0 Å². The van der Waals surface area contributed by atoms with Gasteiger partial charge in [-0.25, -0.2) is 4.99 Å². The van der Waals surface area contributed by atoms with Crippen molar-refractivity contribution in [2.75, 3.05) is 40.4 Å². The lowest BCUT2D eigenvalue weighted by atomic mass is 10.2. The highest BCUT2D eigenvalue weighted by Crippen LogP contribution is 2.18. The first kappa shape index (κ1) is 20.8. The molecule has 1 heterocycles. The summed E-state index contributed by atoms with van der Waals surface area (Å²) in [6.07, 6.45) is 4.02. The molecule has 7 nitrogen and oxygen atoms in total. The van der Waals surface area contributed by atoms with E-state index in [1.54, 1.807) is 25.1 Å². The number of ether oxygens (including phenoxy) is 2. The molecule has 1 atom stereocenters. The van der Waals surface area contributed by atoms with Gasteiger partial charge < -0.3 is 25.0 Å². The maximum Gasteiger partial charge on any atom is 0.241 e. The van der Waals surface area contributed by atoms with Gasteiger partial charge in [-0.1, -0.05) is 30.9 Å². The Morgan fingerprint density at radius 3 is 2.93 bits per heavy atom. The van der Waals surface area contributed by atoms with Crippen molar-refractivity contribution in [2.45, 2.75) is 25.5 Å². The predicted molar refractivity (Wildman–Crippen MR) is 107 cm³/mol. The minimum Gasteiger partial charge on any atom is -0.489 e. The van der Waals surface area contributed by atoms with Crippen LogP contribution in [0, 0.1) is 0 Å². The Bertz CT molecular complexity index is 640. The molecule has 2 N–H and O–H groups in total. The van der Waals surface area contributed by atoms with E-state index in [4.69, 9.17) is 9.47 Å². The fourth-order valence-electron chi connectivity index (χ4n) is 2.60. The standard InChI is InChI=1S/C20H30N4O3/c1-4-11-27-18-10-6-5-8-16(18)13-21-20(23-15-19(25)24(2)3)22-14-17-9-7-12-26-17/h4-6,8,10,17H,1,7,9,11-15H2,2-3H3,(H2,21,22,23). The molecule has 0 saturated carbocycles. The van der Waals surface area contributed by atoms with Crippen LogP contribution in [0.3, 0.4) is 0 Å². The van der Waals surface area contributed by atoms with Crippen LogP contribution in [0.25, 0.3) is 0 Å². The highest BCUT2D eigenvalue weighted by molar-refractivity contribution is 5.86. The quantitative estimate of drug-likeness (QED) is 0.390. The number of guanidine groups is 1. The first-order valence-corrected chi connectivity index (χ1v) is 9.25. The maximum absolute atomic E-state index is 11.9. The Morgan fingerprint density at radius 1 is 1.41 bits per heavy atom. The van der Waals surface area contributed by atoms with Gasteiger partial charge in [0.2, 0.25) is 5.91 Å². The molecule has 2 rings (SSSR count). The van der Waals surface area contributed by atoms with E-state index in [2.05, 4.69) is 22.2 Å². The van der Waals surface area contributed by atoms with Crippen LogP contribution in [-0.4, -0.2) is 63.3 Å². The maximum atomic E-state index is 11.9. The molecule has 0 aliphatic carbocycles. The summed E-state index contributed by atoms with van der Waals surface area (Å²) in [6, 6.07) is 7.77. The number of hydrogen-bond acceptors (Lipinski definition) is 4. The van der Waals surface area contributed by atoms with Gasteiger partial charge in [0.25, 0.3) is 0 Å². The summed E-state index contributed by atoms with van der Waals surface area (Å²) < 4.78 is 11.3. The molecule has 1 aromatic carbocycles. The number of likely N-dealkylation sites (N-methyl/N-ethyl adjacent to an activating group) is 1. The van der Waals surface area contributed by atoms with Gasteiger partial charge in [-0.3, -0.25) is 4.79 Å². The van der Waals surface area contributed by atoms with Crippen molar-refractivity contribution in [1.29, 1.82) is 0 Å². The summed E-state index contributed by atoms with van der Waals surface area (Å²) in [5, 5.41) is 6.37. The van der Waals surface area contributed by atoms with Crippen LogP contribution in [0.1, 0.15) is 18.4 Å². The molecule has 1 fully saturated rings. The summed E-state index contributed by atoms with van der Waals surface area (Å²) in [6.45, 7) is 6.20. The number of carbonyl (C=O) groups excluding carboxylic acids is 1. The van der Waals surface area contributed by atoms with E-state index in [0.717, 1.165) is 30.8 Å². The van der Waals surface area contributed by atoms with Gasteiger partial charge in [0.1, 0.15) is 12.4 Å². The Balaban J connectivity index is 2.01. The number of amides is 1. The monoisotopic (exact) mass is 374 g/mol. The number of rotatable bonds is 9. The second kappa shape index (κ2) is 11.2. The van der Waals surface area contributed by atoms with Crippen LogP contribution in [0.4, 0.5) is 0 Å². The SMILES string of the molecule is C=CCOc1ccccc1CN=C(NCC(=O)N(C)C)NCC1CCCO1. The van der Waals surface area contributed by atoms with E-state index in [-0.39, 0.29) is 18.6 Å². The summed E-state index contributed by atoms with van der Waals surface area (Å²) in [5.41, 5.74) is 0.969. The zero-order valence-corrected chi connectivity index (χ0v) is 16.2. The Morgan fingerprint density at radius 2 is 2.22 bits per heavy atom. The molecule has 0 spiro atoms. The van der Waals surface area contributed by atoms with Gasteiger partial charge >= 0.3 is 0 Å². The van der Waals surface area contributed by atoms with Crippen molar-refractivity contribution >= 4 is 11.9 Å². The lowest BCUT2D eigenvalue weighted by Gasteiger charge is -2.17. The number of nitrogens with one attached hydrogen (secondary N) is 2. The molecule has 0 radical (unpaired) electrons. The second-order valence-corrected chi connectivity index (χ2v) is 6.53. The highest BCUT2D eigenvalue weighted by Gasteiger charge is 2.16. The molecule has 1 amide bonds. The topological polar surface area (TPSA) is 75.2 Å². The average molecular weight is 374 g/mol. The third kappa shape index (κ3) is 7.30. The van der Waals surface area contributed by atoms with Crippen molar-refractivity contribution in [2.24, 2.45) is 4.99 Å². The van der Waals surface area contributed by atoms with Crippen LogP contribution in [-0.2, 0) is 16.1 Å². The number of hydrogen-bond donors (Lipinski definition) is 2. The van der Waals surface area contributed by atoms with Crippen molar-refractivity contribution in [3.05, 3.63) is 42.5 Å². The normalized spacial score (nSPS) is 16.7. The molecular formula is C20H30N4O3. The molecule has 27 heavy (non-hydrogen) atoms. The smallest absolute Gasteiger partial charge is 0.241 e. The minimum absolute atomic E-state index is 0.0173. The zero-order valence-electron chi connectivity index (χ0n) is 16.2. The first-order valence-electron chi connectivity index (χ1n) is 9.25. The molecular weight excluding hydrogens is 344 g/mol. The lowest BCUT2D eigenvalue weighted by molar-refractivity contribution is -0.127. The van der Waals surface area contributed by atoms with Gasteiger partial charge in [0.05, 0.1) is 19.2 Å². The largest absolute Gasteiger partial charge is 0.489 e. The van der Waals surface area contributed by atoms with Crippen LogP contribution in [0.2, 0.25) is 0 Å². The summed E-state index contributed by atoms with van der Waals surface area (Å²) >= 11 is 0. The van der Waals surface area contributed by atoms with E-state index in [9.17, 15) is 4.79 Å². The lowest BCUT2D eigenvalue weighted by Crippen LogP contribution is -2.45. The van der Waals surface area contributed by atoms with Gasteiger partial charge in [-0.05, 0) is 18.9 Å². The van der Waals surface area contributed by atoms with E-state index in [1.807, 2.05) is 24.3 Å².